The molecule has 0 bridgehead atoms. The number of halogens is 2. The minimum atomic E-state index is -4.58. The molecule has 0 fully saturated rings. The maximum Gasteiger partial charge on any atom is 0.445 e. The van der Waals surface area contributed by atoms with Crippen molar-refractivity contribution in [1.82, 2.24) is 9.62 Å². The molecule has 0 amide bonds. The third kappa shape index (κ3) is 10.2. The Kier molecular flexibility index (Phi) is 13.7. The Bertz CT molecular complexity index is 1970. The Hall–Kier alpha value is -4.12. The summed E-state index contributed by atoms with van der Waals surface area (Å²) in [5.41, 5.74) is 11.1. The molecule has 1 aromatic heterocycles. The largest absolute Gasteiger partial charge is 0.494 e. The topological polar surface area (TPSA) is 194 Å². The van der Waals surface area contributed by atoms with Gasteiger partial charge in [-0.1, -0.05) is 0 Å². The van der Waals surface area contributed by atoms with E-state index in [9.17, 15) is 21.8 Å². The van der Waals surface area contributed by atoms with E-state index in [0.717, 1.165) is 86.6 Å². The second-order valence-corrected chi connectivity index (χ2v) is 16.0. The number of aryl methyl sites for hydroxylation is 1. The molecule has 17 heteroatoms. The number of rotatable bonds is 19. The molecule has 0 saturated carbocycles. The van der Waals surface area contributed by atoms with Crippen LogP contribution in [0.1, 0.15) is 36.0 Å². The second-order valence-electron chi connectivity index (χ2n) is 11.1. The number of sulfonamides is 1. The summed E-state index contributed by atoms with van der Waals surface area (Å²) >= 11 is 0.993. The quantitative estimate of drug-likeness (QED) is 0.0800. The zero-order chi connectivity index (χ0) is 36.3. The van der Waals surface area contributed by atoms with E-state index in [0.29, 0.717) is 41.1 Å². The molecule has 12 nitrogen and oxygen atoms in total. The molecule has 0 aliphatic carbocycles. The molecule has 4 aromatic rings. The van der Waals surface area contributed by atoms with Crippen molar-refractivity contribution in [2.45, 2.75) is 30.4 Å². The van der Waals surface area contributed by atoms with Crippen LogP contribution in [0.3, 0.4) is 0 Å². The highest BCUT2D eigenvalue weighted by molar-refractivity contribution is 7.92. The van der Waals surface area contributed by atoms with Crippen molar-refractivity contribution in [2.24, 2.45) is 11.5 Å². The van der Waals surface area contributed by atoms with Crippen LogP contribution in [0, 0.1) is 41.2 Å². The normalized spacial score (nSPS) is 11.8. The van der Waals surface area contributed by atoms with Crippen LogP contribution in [0.15, 0.2) is 58.8 Å². The maximum absolute atomic E-state index is 14.3. The summed E-state index contributed by atoms with van der Waals surface area (Å²) in [7, 11) is -8.91. The van der Waals surface area contributed by atoms with Crippen molar-refractivity contribution < 1.29 is 35.5 Å². The van der Waals surface area contributed by atoms with Crippen molar-refractivity contribution in [2.75, 3.05) is 45.6 Å². The van der Waals surface area contributed by atoms with Gasteiger partial charge in [-0.3, -0.25) is 0 Å². The lowest BCUT2D eigenvalue weighted by atomic mass is 10.2. The van der Waals surface area contributed by atoms with Crippen molar-refractivity contribution >= 4 is 39.0 Å². The number of ether oxygens (including phenoxy) is 1. The van der Waals surface area contributed by atoms with Gasteiger partial charge in [-0.05, 0) is 100 Å². The molecule has 0 saturated heterocycles. The van der Waals surface area contributed by atoms with Crippen molar-refractivity contribution in [3.8, 4) is 29.4 Å². The number of benzene rings is 3. The molecule has 4 rings (SSSR count). The van der Waals surface area contributed by atoms with E-state index in [-0.39, 0.29) is 26.8 Å². The number of nitrogens with zero attached hydrogens (tertiary/aromatic N) is 3. The molecular formula is C33H37F2N6O6PS2. The Morgan fingerprint density at radius 2 is 1.40 bits per heavy atom. The minimum Gasteiger partial charge on any atom is -0.494 e. The number of nitriles is 2. The molecule has 1 heterocycles. The first-order valence-corrected chi connectivity index (χ1v) is 19.6. The summed E-state index contributed by atoms with van der Waals surface area (Å²) in [5.74, 6) is -2.04. The SMILES string of the molecule is Cc1c(S(=O)(=O)NCP(=O)(Oc2ccc(C#N)c(F)c2)Oc2ccc(C#N)c(F)c2)sc2ccc(OCCCN(CCCN)CCCN)cc12. The van der Waals surface area contributed by atoms with E-state index in [2.05, 4.69) is 9.62 Å². The fourth-order valence-corrected chi connectivity index (χ4v) is 9.69. The fourth-order valence-electron chi connectivity index (χ4n) is 4.89. The number of nitrogens with two attached hydrogens (primary N) is 2. The second kappa shape index (κ2) is 17.7. The smallest absolute Gasteiger partial charge is 0.445 e. The number of fused-ring (bicyclic) bond motifs is 1. The molecular weight excluding hydrogens is 710 g/mol. The molecule has 0 radical (unpaired) electrons. The van der Waals surface area contributed by atoms with Gasteiger partial charge in [0, 0.05) is 28.8 Å². The summed E-state index contributed by atoms with van der Waals surface area (Å²) in [6.45, 7) is 5.91. The van der Waals surface area contributed by atoms with Gasteiger partial charge in [-0.2, -0.15) is 15.2 Å². The summed E-state index contributed by atoms with van der Waals surface area (Å²) in [4.78, 5) is 2.31. The molecule has 0 atom stereocenters. The zero-order valence-electron chi connectivity index (χ0n) is 27.2. The Morgan fingerprint density at radius 3 is 1.92 bits per heavy atom. The minimum absolute atomic E-state index is 0.0551. The van der Waals surface area contributed by atoms with E-state index in [1.807, 2.05) is 0 Å². The average molecular weight is 747 g/mol. The Balaban J connectivity index is 1.50. The summed E-state index contributed by atoms with van der Waals surface area (Å²) in [5, 5.41) is 18.7. The average Bonchev–Trinajstić information content (AvgIpc) is 3.43. The van der Waals surface area contributed by atoms with E-state index < -0.39 is 35.5 Å². The molecule has 266 valence electrons. The highest BCUT2D eigenvalue weighted by Gasteiger charge is 2.33. The van der Waals surface area contributed by atoms with E-state index in [4.69, 9.17) is 35.8 Å². The lowest BCUT2D eigenvalue weighted by Crippen LogP contribution is -2.30. The van der Waals surface area contributed by atoms with Gasteiger partial charge < -0.3 is 30.2 Å². The maximum atomic E-state index is 14.3. The first-order valence-electron chi connectivity index (χ1n) is 15.6. The summed E-state index contributed by atoms with van der Waals surface area (Å²) in [6.07, 6.45) is 1.62. The predicted octanol–water partition coefficient (Wildman–Crippen LogP) is 5.59. The number of hydrogen-bond donors (Lipinski definition) is 3. The van der Waals surface area contributed by atoms with Gasteiger partial charge >= 0.3 is 7.60 Å². The number of hydrogen-bond acceptors (Lipinski definition) is 12. The molecule has 0 aliphatic rings. The summed E-state index contributed by atoms with van der Waals surface area (Å²) < 4.78 is 89.5. The zero-order valence-corrected chi connectivity index (χ0v) is 29.8. The fraction of sp³-hybridized carbons (Fsp3) is 0.333. The Labute approximate surface area is 293 Å². The van der Waals surface area contributed by atoms with Gasteiger partial charge in [0.2, 0.25) is 0 Å². The van der Waals surface area contributed by atoms with E-state index in [1.54, 1.807) is 37.3 Å². The van der Waals surface area contributed by atoms with Gasteiger partial charge in [-0.15, -0.1) is 11.3 Å². The van der Waals surface area contributed by atoms with Crippen molar-refractivity contribution in [1.29, 1.82) is 10.5 Å². The van der Waals surface area contributed by atoms with Crippen LogP contribution >= 0.6 is 18.9 Å². The van der Waals surface area contributed by atoms with Crippen LogP contribution in [0.4, 0.5) is 8.78 Å². The molecule has 0 unspecified atom stereocenters. The van der Waals surface area contributed by atoms with E-state index >= 15 is 0 Å². The van der Waals surface area contributed by atoms with Gasteiger partial charge in [0.05, 0.1) is 17.7 Å². The molecule has 50 heavy (non-hydrogen) atoms. The highest BCUT2D eigenvalue weighted by atomic mass is 32.2. The third-order valence-electron chi connectivity index (χ3n) is 7.41. The molecule has 0 spiro atoms. The van der Waals surface area contributed by atoms with Gasteiger partial charge in [0.15, 0.2) is 0 Å². The first kappa shape index (κ1) is 38.7. The predicted molar refractivity (Wildman–Crippen MR) is 187 cm³/mol. The van der Waals surface area contributed by atoms with Crippen molar-refractivity contribution in [3.05, 3.63) is 82.9 Å². The standard InChI is InChI=1S/C33H37F2N6O6PS2/c1-23-29-17-26(45-16-4-15-41(13-2-11-36)14-3-12-37)9-10-32(29)49-33(23)50(43,44)40-22-48(42,46-27-7-5-24(20-38)30(34)18-27)47-28-8-6-25(21-39)31(35)19-28/h5-10,17-19,40H,2-4,11-16,22,36-37H2,1H3. The van der Waals surface area contributed by atoms with Crippen LogP contribution in [-0.2, 0) is 14.6 Å². The van der Waals surface area contributed by atoms with Gasteiger partial charge in [-0.25, -0.2) is 21.8 Å². The van der Waals surface area contributed by atoms with Crippen LogP contribution in [0.5, 0.6) is 17.2 Å². The van der Waals surface area contributed by atoms with Crippen LogP contribution < -0.4 is 30.0 Å². The molecule has 5 N–H and O–H groups in total. The third-order valence-corrected chi connectivity index (χ3v) is 12.4. The lowest BCUT2D eigenvalue weighted by Gasteiger charge is -2.21. The van der Waals surface area contributed by atoms with Crippen LogP contribution in [-0.4, -0.2) is 58.9 Å². The highest BCUT2D eigenvalue weighted by Crippen LogP contribution is 2.48. The number of nitrogens with one attached hydrogen (secondary N) is 1. The summed E-state index contributed by atoms with van der Waals surface area (Å²) in [6, 6.07) is 14.6. The molecule has 0 aliphatic heterocycles. The number of thiophene rings is 1. The Morgan fingerprint density at radius 1 is 0.860 bits per heavy atom. The van der Waals surface area contributed by atoms with Crippen LogP contribution in [0.2, 0.25) is 0 Å². The van der Waals surface area contributed by atoms with Crippen LogP contribution in [0.25, 0.3) is 10.1 Å². The van der Waals surface area contributed by atoms with Gasteiger partial charge in [0.1, 0.15) is 51.5 Å². The van der Waals surface area contributed by atoms with Crippen molar-refractivity contribution in [3.63, 3.8) is 0 Å². The first-order chi connectivity index (χ1) is 23.9. The van der Waals surface area contributed by atoms with Gasteiger partial charge in [0.25, 0.3) is 10.0 Å². The monoisotopic (exact) mass is 746 g/mol. The molecule has 3 aromatic carbocycles. The lowest BCUT2D eigenvalue weighted by molar-refractivity contribution is 0.232. The van der Waals surface area contributed by atoms with E-state index in [1.165, 1.54) is 0 Å².